The lowest BCUT2D eigenvalue weighted by atomic mass is 9.30. The van der Waals surface area contributed by atoms with Crippen LogP contribution in [0.3, 0.4) is 0 Å². The monoisotopic (exact) mass is 428 g/mol. The van der Waals surface area contributed by atoms with E-state index in [4.69, 9.17) is 0 Å². The third kappa shape index (κ3) is 2.77. The van der Waals surface area contributed by atoms with E-state index in [-0.39, 0.29) is 6.10 Å². The lowest BCUT2D eigenvalue weighted by Gasteiger charge is -2.75. The van der Waals surface area contributed by atoms with E-state index >= 15 is 0 Å². The molecule has 0 spiro atoms. The summed E-state index contributed by atoms with van der Waals surface area (Å²) in [7, 11) is 0. The molecule has 1 nitrogen and oxygen atoms in total. The Bertz CT molecular complexity index is 741. The molecule has 0 saturated heterocycles. The van der Waals surface area contributed by atoms with Crippen LogP contribution in [-0.2, 0) is 0 Å². The summed E-state index contributed by atoms with van der Waals surface area (Å²) in [6.45, 7) is 20.9. The SMILES string of the molecule is C[C@H]1[C@H](O)CC[C@@H]2[C@]1(C)CC[C@H]1[C@]2(C)CC[C@@]2(C)[C@H]3CC(C)(C)CC[C@]3(C)CC[C@]12C. The van der Waals surface area contributed by atoms with Gasteiger partial charge in [0.15, 0.2) is 0 Å². The lowest BCUT2D eigenvalue weighted by Crippen LogP contribution is -2.67. The van der Waals surface area contributed by atoms with E-state index in [0.29, 0.717) is 38.4 Å². The maximum absolute atomic E-state index is 10.7. The van der Waals surface area contributed by atoms with Gasteiger partial charge in [0.25, 0.3) is 0 Å². The second-order valence-electron chi connectivity index (χ2n) is 15.5. The highest BCUT2D eigenvalue weighted by atomic mass is 16.3. The van der Waals surface area contributed by atoms with Crippen molar-refractivity contribution in [3.8, 4) is 0 Å². The number of aliphatic hydroxyl groups is 1. The highest BCUT2D eigenvalue weighted by Crippen LogP contribution is 2.78. The first-order valence-electron chi connectivity index (χ1n) is 13.9. The summed E-state index contributed by atoms with van der Waals surface area (Å²) in [6.07, 6.45) is 15.1. The van der Waals surface area contributed by atoms with Crippen LogP contribution in [0.25, 0.3) is 0 Å². The maximum Gasteiger partial charge on any atom is 0.0571 e. The summed E-state index contributed by atoms with van der Waals surface area (Å²) < 4.78 is 0. The van der Waals surface area contributed by atoms with Gasteiger partial charge < -0.3 is 5.11 Å². The molecule has 0 radical (unpaired) electrons. The molecule has 0 unspecified atom stereocenters. The molecule has 5 aliphatic carbocycles. The van der Waals surface area contributed by atoms with Crippen LogP contribution < -0.4 is 0 Å². The molecule has 0 aromatic heterocycles. The Hall–Kier alpha value is -0.0400. The highest BCUT2D eigenvalue weighted by molar-refractivity contribution is 5.19. The minimum Gasteiger partial charge on any atom is -0.393 e. The van der Waals surface area contributed by atoms with Gasteiger partial charge in [0.1, 0.15) is 0 Å². The van der Waals surface area contributed by atoms with Crippen LogP contribution in [0.2, 0.25) is 0 Å². The Kier molecular flexibility index (Phi) is 4.80. The fourth-order valence-corrected chi connectivity index (χ4v) is 11.4. The van der Waals surface area contributed by atoms with E-state index in [0.717, 1.165) is 24.2 Å². The summed E-state index contributed by atoms with van der Waals surface area (Å²) >= 11 is 0. The summed E-state index contributed by atoms with van der Waals surface area (Å²) in [4.78, 5) is 0. The van der Waals surface area contributed by atoms with Gasteiger partial charge in [-0.1, -0.05) is 55.4 Å². The third-order valence-electron chi connectivity index (χ3n) is 13.9. The number of fused-ring (bicyclic) bond motifs is 7. The van der Waals surface area contributed by atoms with E-state index in [2.05, 4.69) is 55.4 Å². The van der Waals surface area contributed by atoms with Gasteiger partial charge >= 0.3 is 0 Å². The van der Waals surface area contributed by atoms with Crippen molar-refractivity contribution in [1.82, 2.24) is 0 Å². The van der Waals surface area contributed by atoms with Gasteiger partial charge in [-0.05, 0) is 127 Å². The van der Waals surface area contributed by atoms with Crippen molar-refractivity contribution < 1.29 is 5.11 Å². The Morgan fingerprint density at radius 1 is 0.581 bits per heavy atom. The normalized spacial score (nSPS) is 60.9. The number of rotatable bonds is 0. The molecule has 0 aliphatic heterocycles. The molecule has 1 N–H and O–H groups in total. The molecule has 1 heteroatoms. The zero-order chi connectivity index (χ0) is 22.7. The summed E-state index contributed by atoms with van der Waals surface area (Å²) in [6, 6.07) is 0. The summed E-state index contributed by atoms with van der Waals surface area (Å²) in [5, 5.41) is 10.7. The number of hydrogen-bond donors (Lipinski definition) is 1. The second-order valence-corrected chi connectivity index (χ2v) is 15.5. The van der Waals surface area contributed by atoms with Crippen molar-refractivity contribution in [3.05, 3.63) is 0 Å². The van der Waals surface area contributed by atoms with Crippen LogP contribution in [0.1, 0.15) is 126 Å². The molecule has 178 valence electrons. The maximum atomic E-state index is 10.7. The van der Waals surface area contributed by atoms with Gasteiger partial charge in [-0.2, -0.15) is 0 Å². The van der Waals surface area contributed by atoms with E-state index in [1.165, 1.54) is 64.2 Å². The third-order valence-corrected chi connectivity index (χ3v) is 13.9. The van der Waals surface area contributed by atoms with Crippen molar-refractivity contribution in [2.24, 2.45) is 56.2 Å². The van der Waals surface area contributed by atoms with Crippen molar-refractivity contribution in [2.45, 2.75) is 132 Å². The highest BCUT2D eigenvalue weighted by Gasteiger charge is 2.70. The average molecular weight is 429 g/mol. The standard InChI is InChI=1S/C30H52O/c1-20-21(31)9-10-22-27(20,5)12-11-23-28(22,6)16-18-30(8)24-19-25(2,3)13-14-26(24,4)15-17-29(23,30)7/h20-24,31H,9-19H2,1-8H3/t20-,21+,22+,23-,24-,26+,27+,28+,29+,30-/m0/s1. The smallest absolute Gasteiger partial charge is 0.0571 e. The Morgan fingerprint density at radius 2 is 1.19 bits per heavy atom. The Labute approximate surface area is 193 Å². The first-order valence-corrected chi connectivity index (χ1v) is 13.9. The molecule has 0 amide bonds. The van der Waals surface area contributed by atoms with Gasteiger partial charge in [0.05, 0.1) is 6.10 Å². The number of aliphatic hydroxyl groups excluding tert-OH is 1. The topological polar surface area (TPSA) is 20.2 Å². The first kappa shape index (κ1) is 22.7. The Morgan fingerprint density at radius 3 is 1.90 bits per heavy atom. The molecular formula is C30H52O. The molecule has 0 bridgehead atoms. The van der Waals surface area contributed by atoms with Crippen LogP contribution in [0.4, 0.5) is 0 Å². The van der Waals surface area contributed by atoms with Gasteiger partial charge in [-0.25, -0.2) is 0 Å². The zero-order valence-corrected chi connectivity index (χ0v) is 22.1. The van der Waals surface area contributed by atoms with Crippen LogP contribution >= 0.6 is 0 Å². The van der Waals surface area contributed by atoms with Gasteiger partial charge in [0, 0.05) is 0 Å². The van der Waals surface area contributed by atoms with Crippen LogP contribution in [0.5, 0.6) is 0 Å². The quantitative estimate of drug-likeness (QED) is 0.412. The molecule has 0 aromatic carbocycles. The molecule has 10 atom stereocenters. The van der Waals surface area contributed by atoms with Crippen molar-refractivity contribution >= 4 is 0 Å². The fourth-order valence-electron chi connectivity index (χ4n) is 11.4. The van der Waals surface area contributed by atoms with E-state index in [1.807, 2.05) is 0 Å². The molecule has 5 rings (SSSR count). The van der Waals surface area contributed by atoms with Crippen LogP contribution in [0.15, 0.2) is 0 Å². The first-order chi connectivity index (χ1) is 14.2. The van der Waals surface area contributed by atoms with E-state index < -0.39 is 0 Å². The summed E-state index contributed by atoms with van der Waals surface area (Å²) in [5.41, 5.74) is 2.88. The molecular weight excluding hydrogens is 376 g/mol. The second kappa shape index (κ2) is 6.55. The van der Waals surface area contributed by atoms with Crippen molar-refractivity contribution in [2.75, 3.05) is 0 Å². The largest absolute Gasteiger partial charge is 0.393 e. The molecule has 5 aliphatic rings. The minimum atomic E-state index is -0.0781. The van der Waals surface area contributed by atoms with Gasteiger partial charge in [-0.15, -0.1) is 0 Å². The van der Waals surface area contributed by atoms with Gasteiger partial charge in [0.2, 0.25) is 0 Å². The van der Waals surface area contributed by atoms with Gasteiger partial charge in [-0.3, -0.25) is 0 Å². The van der Waals surface area contributed by atoms with E-state index in [9.17, 15) is 5.11 Å². The summed E-state index contributed by atoms with van der Waals surface area (Å²) in [5.74, 6) is 3.02. The van der Waals surface area contributed by atoms with Crippen molar-refractivity contribution in [3.63, 3.8) is 0 Å². The number of hydrogen-bond acceptors (Lipinski definition) is 1. The predicted octanol–water partition coefficient (Wildman–Crippen LogP) is 8.25. The van der Waals surface area contributed by atoms with Crippen molar-refractivity contribution in [1.29, 1.82) is 0 Å². The molecule has 31 heavy (non-hydrogen) atoms. The lowest BCUT2D eigenvalue weighted by molar-refractivity contribution is -0.263. The van der Waals surface area contributed by atoms with Crippen LogP contribution in [-0.4, -0.2) is 11.2 Å². The average Bonchev–Trinajstić information content (AvgIpc) is 2.69. The minimum absolute atomic E-state index is 0.0781. The zero-order valence-electron chi connectivity index (χ0n) is 22.1. The molecule has 0 heterocycles. The van der Waals surface area contributed by atoms with Crippen LogP contribution in [0, 0.1) is 56.2 Å². The molecule has 0 aromatic rings. The molecule has 5 saturated carbocycles. The molecule has 5 fully saturated rings. The fraction of sp³-hybridized carbons (Fsp3) is 1.00. The Balaban J connectivity index is 1.54. The predicted molar refractivity (Wildman–Crippen MR) is 131 cm³/mol. The van der Waals surface area contributed by atoms with E-state index in [1.54, 1.807) is 0 Å².